The fourth-order valence-corrected chi connectivity index (χ4v) is 2.28. The maximum absolute atomic E-state index is 11.9. The molecule has 1 aromatic carbocycles. The van der Waals surface area contributed by atoms with Crippen LogP contribution in [0.4, 0.5) is 0 Å². The first-order valence-electron chi connectivity index (χ1n) is 5.98. The Balaban J connectivity index is 0.00000162. The van der Waals surface area contributed by atoms with Crippen molar-refractivity contribution < 1.29 is 4.79 Å². The topological polar surface area (TPSA) is 41.1 Å². The molecule has 1 saturated heterocycles. The minimum atomic E-state index is 0. The predicted octanol–water partition coefficient (Wildman–Crippen LogP) is 2.49. The van der Waals surface area contributed by atoms with Gasteiger partial charge in [-0.05, 0) is 37.1 Å². The predicted molar refractivity (Wildman–Crippen MR) is 78.8 cm³/mol. The summed E-state index contributed by atoms with van der Waals surface area (Å²) in [6, 6.07) is 8.01. The van der Waals surface area contributed by atoms with Crippen LogP contribution in [0.25, 0.3) is 0 Å². The molecule has 1 aliphatic heterocycles. The first-order chi connectivity index (χ1) is 8.25. The highest BCUT2D eigenvalue weighted by Gasteiger charge is 2.20. The lowest BCUT2D eigenvalue weighted by Crippen LogP contribution is -2.40. The lowest BCUT2D eigenvalue weighted by molar-refractivity contribution is -0.125. The standard InChI is InChI=1S/C13H17BrN2O.ClH/c14-12-5-3-10(4-6-12)8-16-13(17)11-2-1-7-15-9-11;/h3-6,11,15H,1-2,7-9H2,(H,16,17);1H/t11-;/m1./s1. The highest BCUT2D eigenvalue weighted by Crippen LogP contribution is 2.12. The Bertz CT molecular complexity index is 377. The summed E-state index contributed by atoms with van der Waals surface area (Å²) in [6.45, 7) is 2.46. The highest BCUT2D eigenvalue weighted by atomic mass is 79.9. The molecule has 2 rings (SSSR count). The molecule has 0 unspecified atom stereocenters. The molecule has 18 heavy (non-hydrogen) atoms. The van der Waals surface area contributed by atoms with E-state index in [0.717, 1.165) is 36.0 Å². The molecule has 0 spiro atoms. The van der Waals surface area contributed by atoms with Crippen LogP contribution >= 0.6 is 28.3 Å². The van der Waals surface area contributed by atoms with Gasteiger partial charge in [-0.3, -0.25) is 4.79 Å². The van der Waals surface area contributed by atoms with E-state index >= 15 is 0 Å². The summed E-state index contributed by atoms with van der Waals surface area (Å²) in [7, 11) is 0. The van der Waals surface area contributed by atoms with Crippen molar-refractivity contribution in [3.8, 4) is 0 Å². The summed E-state index contributed by atoms with van der Waals surface area (Å²) >= 11 is 3.39. The molecule has 1 aliphatic rings. The number of hydrogen-bond donors (Lipinski definition) is 2. The average Bonchev–Trinajstić information content (AvgIpc) is 2.39. The fourth-order valence-electron chi connectivity index (χ4n) is 2.01. The van der Waals surface area contributed by atoms with Crippen molar-refractivity contribution in [3.05, 3.63) is 34.3 Å². The Labute approximate surface area is 122 Å². The summed E-state index contributed by atoms with van der Waals surface area (Å²) in [5, 5.41) is 6.25. The van der Waals surface area contributed by atoms with Gasteiger partial charge in [-0.25, -0.2) is 0 Å². The lowest BCUT2D eigenvalue weighted by Gasteiger charge is -2.21. The van der Waals surface area contributed by atoms with E-state index in [1.165, 1.54) is 0 Å². The summed E-state index contributed by atoms with van der Waals surface area (Å²) in [5.41, 5.74) is 1.13. The van der Waals surface area contributed by atoms with Gasteiger partial charge >= 0.3 is 0 Å². The second kappa shape index (κ2) is 7.77. The van der Waals surface area contributed by atoms with Gasteiger partial charge in [-0.1, -0.05) is 28.1 Å². The van der Waals surface area contributed by atoms with Crippen LogP contribution in [0.3, 0.4) is 0 Å². The SMILES string of the molecule is Cl.O=C(NCc1ccc(Br)cc1)[C@@H]1CCCNC1. The van der Waals surface area contributed by atoms with Crippen LogP contribution in [-0.4, -0.2) is 19.0 Å². The quantitative estimate of drug-likeness (QED) is 0.892. The zero-order chi connectivity index (χ0) is 12.1. The van der Waals surface area contributed by atoms with Crippen molar-refractivity contribution in [1.29, 1.82) is 0 Å². The van der Waals surface area contributed by atoms with Crippen molar-refractivity contribution >= 4 is 34.2 Å². The van der Waals surface area contributed by atoms with Crippen molar-refractivity contribution in [2.45, 2.75) is 19.4 Å². The van der Waals surface area contributed by atoms with Gasteiger partial charge in [0.25, 0.3) is 0 Å². The van der Waals surface area contributed by atoms with Crippen LogP contribution in [-0.2, 0) is 11.3 Å². The molecular formula is C13H18BrClN2O. The number of hydrogen-bond acceptors (Lipinski definition) is 2. The van der Waals surface area contributed by atoms with Gasteiger partial charge in [-0.15, -0.1) is 12.4 Å². The van der Waals surface area contributed by atoms with Crippen molar-refractivity contribution in [2.24, 2.45) is 5.92 Å². The summed E-state index contributed by atoms with van der Waals surface area (Å²) in [5.74, 6) is 0.305. The fraction of sp³-hybridized carbons (Fsp3) is 0.462. The average molecular weight is 334 g/mol. The van der Waals surface area contributed by atoms with Crippen molar-refractivity contribution in [1.82, 2.24) is 10.6 Å². The maximum Gasteiger partial charge on any atom is 0.224 e. The number of amides is 1. The Kier molecular flexibility index (Phi) is 6.68. The van der Waals surface area contributed by atoms with Crippen LogP contribution in [0.15, 0.2) is 28.7 Å². The first kappa shape index (κ1) is 15.5. The molecule has 0 radical (unpaired) electrons. The molecule has 100 valence electrons. The normalized spacial score (nSPS) is 18.8. The molecule has 2 N–H and O–H groups in total. The van der Waals surface area contributed by atoms with Crippen molar-refractivity contribution in [2.75, 3.05) is 13.1 Å². The van der Waals surface area contributed by atoms with E-state index in [9.17, 15) is 4.79 Å². The van der Waals surface area contributed by atoms with Crippen LogP contribution in [0.5, 0.6) is 0 Å². The number of carbonyl (C=O) groups excluding carboxylic acids is 1. The Hall–Kier alpha value is -0.580. The van der Waals surface area contributed by atoms with Gasteiger partial charge in [0.05, 0.1) is 5.92 Å². The third-order valence-corrected chi connectivity index (χ3v) is 3.58. The summed E-state index contributed by atoms with van der Waals surface area (Å²) in [6.07, 6.45) is 2.09. The zero-order valence-electron chi connectivity index (χ0n) is 10.1. The number of piperidine rings is 1. The van der Waals surface area contributed by atoms with Crippen LogP contribution < -0.4 is 10.6 Å². The molecule has 1 heterocycles. The van der Waals surface area contributed by atoms with Crippen LogP contribution in [0, 0.1) is 5.92 Å². The Morgan fingerprint density at radius 1 is 1.39 bits per heavy atom. The summed E-state index contributed by atoms with van der Waals surface area (Å²) in [4.78, 5) is 11.9. The van der Waals surface area contributed by atoms with Gasteiger partial charge < -0.3 is 10.6 Å². The third-order valence-electron chi connectivity index (χ3n) is 3.05. The second-order valence-corrected chi connectivity index (χ2v) is 5.30. The molecule has 0 aromatic heterocycles. The molecule has 1 amide bonds. The van der Waals surface area contributed by atoms with E-state index in [1.54, 1.807) is 0 Å². The van der Waals surface area contributed by atoms with Gasteiger partial charge in [0.15, 0.2) is 0 Å². The van der Waals surface area contributed by atoms with Crippen molar-refractivity contribution in [3.63, 3.8) is 0 Å². The highest BCUT2D eigenvalue weighted by molar-refractivity contribution is 9.10. The van der Waals surface area contributed by atoms with Gasteiger partial charge in [0.2, 0.25) is 5.91 Å². The first-order valence-corrected chi connectivity index (χ1v) is 6.78. The Morgan fingerprint density at radius 3 is 2.72 bits per heavy atom. The molecule has 1 fully saturated rings. The lowest BCUT2D eigenvalue weighted by atomic mass is 9.99. The van der Waals surface area contributed by atoms with Gasteiger partial charge in [-0.2, -0.15) is 0 Å². The maximum atomic E-state index is 11.9. The number of benzene rings is 1. The molecule has 0 aliphatic carbocycles. The molecule has 3 nitrogen and oxygen atoms in total. The van der Waals surface area contributed by atoms with Gasteiger partial charge in [0, 0.05) is 17.6 Å². The number of carbonyl (C=O) groups is 1. The zero-order valence-corrected chi connectivity index (χ0v) is 12.5. The largest absolute Gasteiger partial charge is 0.352 e. The molecule has 0 saturated carbocycles. The molecule has 5 heteroatoms. The Morgan fingerprint density at radius 2 is 2.11 bits per heavy atom. The van der Waals surface area contributed by atoms with Crippen LogP contribution in [0.2, 0.25) is 0 Å². The van der Waals surface area contributed by atoms with E-state index in [2.05, 4.69) is 26.6 Å². The van der Waals surface area contributed by atoms with E-state index in [1.807, 2.05) is 24.3 Å². The third kappa shape index (κ3) is 4.59. The minimum Gasteiger partial charge on any atom is -0.352 e. The van der Waals surface area contributed by atoms with E-state index in [4.69, 9.17) is 0 Å². The second-order valence-electron chi connectivity index (χ2n) is 4.39. The molecule has 1 aromatic rings. The molecule has 1 atom stereocenters. The number of nitrogens with one attached hydrogen (secondary N) is 2. The van der Waals surface area contributed by atoms with E-state index in [-0.39, 0.29) is 24.2 Å². The van der Waals surface area contributed by atoms with E-state index in [0.29, 0.717) is 6.54 Å². The summed E-state index contributed by atoms with van der Waals surface area (Å²) < 4.78 is 1.06. The van der Waals surface area contributed by atoms with Crippen LogP contribution in [0.1, 0.15) is 18.4 Å². The number of rotatable bonds is 3. The minimum absolute atomic E-state index is 0. The van der Waals surface area contributed by atoms with Gasteiger partial charge in [0.1, 0.15) is 0 Å². The smallest absolute Gasteiger partial charge is 0.224 e. The monoisotopic (exact) mass is 332 g/mol. The van der Waals surface area contributed by atoms with E-state index < -0.39 is 0 Å². The molecule has 0 bridgehead atoms. The number of halogens is 2. The molecular weight excluding hydrogens is 316 g/mol.